The first-order chi connectivity index (χ1) is 9.67. The summed E-state index contributed by atoms with van der Waals surface area (Å²) < 4.78 is 23.4. The van der Waals surface area contributed by atoms with Gasteiger partial charge >= 0.3 is 0 Å². The maximum Gasteiger partial charge on any atom is 0.145 e. The van der Waals surface area contributed by atoms with Crippen molar-refractivity contribution < 1.29 is 13.9 Å². The van der Waals surface area contributed by atoms with Crippen molar-refractivity contribution in [1.82, 2.24) is 0 Å². The van der Waals surface area contributed by atoms with Crippen LogP contribution in [-0.2, 0) is 0 Å². The van der Waals surface area contributed by atoms with Crippen molar-refractivity contribution in [2.75, 3.05) is 19.5 Å². The van der Waals surface area contributed by atoms with E-state index in [-0.39, 0.29) is 0 Å². The topological polar surface area (TPSA) is 54.3 Å². The van der Waals surface area contributed by atoms with Crippen LogP contribution in [0.2, 0.25) is 0 Å². The van der Waals surface area contributed by atoms with Crippen LogP contribution >= 0.6 is 0 Å². The van der Waals surface area contributed by atoms with Crippen LogP contribution in [-0.4, -0.2) is 14.2 Å². The minimum atomic E-state index is -0.390. The number of benzene rings is 2. The van der Waals surface area contributed by atoms with Gasteiger partial charge in [0, 0.05) is 12.1 Å². The summed E-state index contributed by atoms with van der Waals surface area (Å²) in [6.45, 7) is 0. The summed E-state index contributed by atoms with van der Waals surface area (Å²) in [5.74, 6) is 0.586. The van der Waals surface area contributed by atoms with Crippen LogP contribution in [0.3, 0.4) is 0 Å². The summed E-state index contributed by atoms with van der Waals surface area (Å²) in [4.78, 5) is 0. The van der Waals surface area contributed by atoms with E-state index in [4.69, 9.17) is 14.7 Å². The number of anilines is 2. The third kappa shape index (κ3) is 2.81. The zero-order valence-electron chi connectivity index (χ0n) is 11.1. The first-order valence-corrected chi connectivity index (χ1v) is 5.86. The van der Waals surface area contributed by atoms with Gasteiger partial charge in [-0.05, 0) is 24.3 Å². The van der Waals surface area contributed by atoms with E-state index in [1.807, 2.05) is 0 Å². The maximum absolute atomic E-state index is 13.2. The van der Waals surface area contributed by atoms with Gasteiger partial charge in [0.1, 0.15) is 23.4 Å². The van der Waals surface area contributed by atoms with E-state index in [0.29, 0.717) is 28.4 Å². The quantitative estimate of drug-likeness (QED) is 0.926. The highest BCUT2D eigenvalue weighted by Crippen LogP contribution is 2.31. The van der Waals surface area contributed by atoms with E-state index in [9.17, 15) is 4.39 Å². The molecule has 0 bridgehead atoms. The smallest absolute Gasteiger partial charge is 0.145 e. The predicted molar refractivity (Wildman–Crippen MR) is 73.9 cm³/mol. The van der Waals surface area contributed by atoms with Gasteiger partial charge in [0.25, 0.3) is 0 Å². The molecule has 2 aromatic rings. The first-order valence-electron chi connectivity index (χ1n) is 5.86. The number of ether oxygens (including phenoxy) is 2. The number of nitrogens with zero attached hydrogens (tertiary/aromatic N) is 1. The first kappa shape index (κ1) is 13.7. The number of hydrogen-bond acceptors (Lipinski definition) is 4. The number of methoxy groups -OCH3 is 2. The predicted octanol–water partition coefficient (Wildman–Crippen LogP) is 3.46. The van der Waals surface area contributed by atoms with E-state index in [2.05, 4.69) is 11.4 Å². The van der Waals surface area contributed by atoms with Gasteiger partial charge in [-0.25, -0.2) is 4.39 Å². The summed E-state index contributed by atoms with van der Waals surface area (Å²) in [6.07, 6.45) is 0. The molecule has 0 saturated carbocycles. The molecule has 0 fully saturated rings. The van der Waals surface area contributed by atoms with Crippen molar-refractivity contribution in [1.29, 1.82) is 5.26 Å². The molecule has 1 N–H and O–H groups in total. The van der Waals surface area contributed by atoms with Crippen molar-refractivity contribution in [3.8, 4) is 17.6 Å². The highest BCUT2D eigenvalue weighted by Gasteiger charge is 2.09. The van der Waals surface area contributed by atoms with E-state index >= 15 is 0 Å². The van der Waals surface area contributed by atoms with Crippen LogP contribution in [0.25, 0.3) is 0 Å². The summed E-state index contributed by atoms with van der Waals surface area (Å²) in [5.41, 5.74) is 1.59. The summed E-state index contributed by atoms with van der Waals surface area (Å²) in [5, 5.41) is 12.2. The highest BCUT2D eigenvalue weighted by molar-refractivity contribution is 5.71. The van der Waals surface area contributed by atoms with Gasteiger partial charge in [-0.15, -0.1) is 0 Å². The van der Waals surface area contributed by atoms with Gasteiger partial charge in [-0.2, -0.15) is 5.26 Å². The number of hydrogen-bond donors (Lipinski definition) is 1. The second-order valence-corrected chi connectivity index (χ2v) is 3.99. The molecule has 0 atom stereocenters. The molecule has 5 heteroatoms. The Morgan fingerprint density at radius 2 is 1.85 bits per heavy atom. The number of halogens is 1. The molecule has 0 aliphatic carbocycles. The normalized spacial score (nSPS) is 9.70. The van der Waals surface area contributed by atoms with Crippen molar-refractivity contribution in [2.24, 2.45) is 0 Å². The molecule has 0 spiro atoms. The molecule has 2 rings (SSSR count). The molecule has 0 saturated heterocycles. The van der Waals surface area contributed by atoms with Crippen LogP contribution in [0.5, 0.6) is 11.5 Å². The Morgan fingerprint density at radius 3 is 2.50 bits per heavy atom. The zero-order chi connectivity index (χ0) is 14.5. The molecule has 4 nitrogen and oxygen atoms in total. The molecule has 0 aliphatic heterocycles. The summed E-state index contributed by atoms with van der Waals surface area (Å²) >= 11 is 0. The van der Waals surface area contributed by atoms with Crippen LogP contribution < -0.4 is 14.8 Å². The fourth-order valence-corrected chi connectivity index (χ4v) is 1.76. The van der Waals surface area contributed by atoms with Crippen LogP contribution in [0.4, 0.5) is 15.8 Å². The maximum atomic E-state index is 13.2. The summed E-state index contributed by atoms with van der Waals surface area (Å²) in [6, 6.07) is 11.3. The van der Waals surface area contributed by atoms with Crippen LogP contribution in [0, 0.1) is 17.1 Å². The van der Waals surface area contributed by atoms with E-state index < -0.39 is 5.82 Å². The lowest BCUT2D eigenvalue weighted by molar-refractivity contribution is 0.413. The monoisotopic (exact) mass is 272 g/mol. The SMILES string of the molecule is COc1ccc(C#N)c(Nc2ccc(F)cc2OC)c1. The molecule has 0 amide bonds. The van der Waals surface area contributed by atoms with Crippen LogP contribution in [0.15, 0.2) is 36.4 Å². The minimum absolute atomic E-state index is 0.358. The second-order valence-electron chi connectivity index (χ2n) is 3.99. The Morgan fingerprint density at radius 1 is 1.05 bits per heavy atom. The molecule has 0 heterocycles. The van der Waals surface area contributed by atoms with Crippen molar-refractivity contribution in [2.45, 2.75) is 0 Å². The number of nitriles is 1. The third-order valence-electron chi connectivity index (χ3n) is 2.78. The van der Waals surface area contributed by atoms with Crippen LogP contribution in [0.1, 0.15) is 5.56 Å². The summed E-state index contributed by atoms with van der Waals surface area (Å²) in [7, 11) is 3.00. The number of nitrogens with one attached hydrogen (secondary N) is 1. The Labute approximate surface area is 116 Å². The fourth-order valence-electron chi connectivity index (χ4n) is 1.76. The van der Waals surface area contributed by atoms with Gasteiger partial charge in [0.05, 0.1) is 31.2 Å². The lowest BCUT2D eigenvalue weighted by Gasteiger charge is -2.13. The average molecular weight is 272 g/mol. The van der Waals surface area contributed by atoms with E-state index in [0.717, 1.165) is 0 Å². The van der Waals surface area contributed by atoms with Crippen molar-refractivity contribution in [3.05, 3.63) is 47.8 Å². The van der Waals surface area contributed by atoms with Gasteiger partial charge in [-0.3, -0.25) is 0 Å². The van der Waals surface area contributed by atoms with E-state index in [1.54, 1.807) is 31.4 Å². The minimum Gasteiger partial charge on any atom is -0.497 e. The van der Waals surface area contributed by atoms with Crippen molar-refractivity contribution in [3.63, 3.8) is 0 Å². The van der Waals surface area contributed by atoms with Gasteiger partial charge < -0.3 is 14.8 Å². The molecular formula is C15H13FN2O2. The standard InChI is InChI=1S/C15H13FN2O2/c1-19-12-5-3-10(9-17)14(8-12)18-13-6-4-11(16)7-15(13)20-2/h3-8,18H,1-2H3. The molecule has 0 radical (unpaired) electrons. The molecule has 102 valence electrons. The molecular weight excluding hydrogens is 259 g/mol. The molecule has 2 aromatic carbocycles. The largest absolute Gasteiger partial charge is 0.497 e. The van der Waals surface area contributed by atoms with Gasteiger partial charge in [-0.1, -0.05) is 0 Å². The third-order valence-corrected chi connectivity index (χ3v) is 2.78. The lowest BCUT2D eigenvalue weighted by atomic mass is 10.1. The van der Waals surface area contributed by atoms with Gasteiger partial charge in [0.2, 0.25) is 0 Å². The Kier molecular flexibility index (Phi) is 4.06. The molecule has 20 heavy (non-hydrogen) atoms. The zero-order valence-corrected chi connectivity index (χ0v) is 11.1. The highest BCUT2D eigenvalue weighted by atomic mass is 19.1. The van der Waals surface area contributed by atoms with E-state index in [1.165, 1.54) is 19.2 Å². The van der Waals surface area contributed by atoms with Gasteiger partial charge in [0.15, 0.2) is 0 Å². The Bertz CT molecular complexity index is 665. The molecule has 0 unspecified atom stereocenters. The average Bonchev–Trinajstić information content (AvgIpc) is 2.48. The Hall–Kier alpha value is -2.74. The fraction of sp³-hybridized carbons (Fsp3) is 0.133. The molecule has 0 aliphatic rings. The Balaban J connectivity index is 2.41. The number of rotatable bonds is 4. The second kappa shape index (κ2) is 5.93. The molecule has 0 aromatic heterocycles. The lowest BCUT2D eigenvalue weighted by Crippen LogP contribution is -1.98. The van der Waals surface area contributed by atoms with Crippen molar-refractivity contribution >= 4 is 11.4 Å².